The lowest BCUT2D eigenvalue weighted by atomic mass is 9.98. The van der Waals surface area contributed by atoms with Crippen LogP contribution in [0.4, 0.5) is 10.3 Å². The van der Waals surface area contributed by atoms with E-state index in [-0.39, 0.29) is 35.5 Å². The molecule has 0 bridgehead atoms. The fourth-order valence-corrected chi connectivity index (χ4v) is 6.02. The van der Waals surface area contributed by atoms with Gasteiger partial charge in [-0.25, -0.2) is 13.9 Å². The van der Waals surface area contributed by atoms with Crippen molar-refractivity contribution < 1.29 is 51.6 Å². The number of aliphatic hydroxyl groups excluding tert-OH is 1. The number of carbonyl (C=O) groups is 1. The molecule has 0 amide bonds. The lowest BCUT2D eigenvalue weighted by molar-refractivity contribution is -0.149. The second-order valence-corrected chi connectivity index (χ2v) is 12.0. The molecule has 4 heterocycles. The van der Waals surface area contributed by atoms with Gasteiger partial charge in [-0.2, -0.15) is 15.1 Å². The maximum atomic E-state index is 16.0. The molecule has 5 rings (SSSR count). The zero-order valence-corrected chi connectivity index (χ0v) is 24.8. The number of halogens is 1. The van der Waals surface area contributed by atoms with Crippen LogP contribution in [0.15, 0.2) is 24.5 Å². The lowest BCUT2D eigenvalue weighted by Crippen LogP contribution is -2.41. The van der Waals surface area contributed by atoms with Crippen LogP contribution in [-0.4, -0.2) is 81.1 Å². The van der Waals surface area contributed by atoms with Crippen molar-refractivity contribution >= 4 is 30.8 Å². The fraction of sp³-hybridized carbons (Fsp3) is 0.520. The number of alkyl halides is 1. The zero-order valence-electron chi connectivity index (χ0n) is 23.9. The Labute approximate surface area is 245 Å². The van der Waals surface area contributed by atoms with E-state index < -0.39 is 56.6 Å². The molecule has 1 saturated heterocycles. The van der Waals surface area contributed by atoms with Crippen LogP contribution in [-0.2, 0) is 23.4 Å². The Kier molecular flexibility index (Phi) is 8.37. The van der Waals surface area contributed by atoms with Crippen LogP contribution in [0, 0.1) is 0 Å². The van der Waals surface area contributed by atoms with Gasteiger partial charge in [-0.3, -0.25) is 13.9 Å². The van der Waals surface area contributed by atoms with Crippen molar-refractivity contribution in [2.75, 3.05) is 26.2 Å². The summed E-state index contributed by atoms with van der Waals surface area (Å²) in [6.45, 7) is 5.23. The van der Waals surface area contributed by atoms with Gasteiger partial charge in [-0.1, -0.05) is 0 Å². The maximum Gasteiger partial charge on any atom is 0.459 e. The molecule has 18 heteroatoms. The highest BCUT2D eigenvalue weighted by Gasteiger charge is 2.56. The van der Waals surface area contributed by atoms with Crippen LogP contribution in [0.3, 0.4) is 0 Å². The number of hydrogen-bond donors (Lipinski definition) is 3. The number of rotatable bonds is 11. The summed E-state index contributed by atoms with van der Waals surface area (Å²) in [7, 11) is -3.05. The normalized spacial score (nSPS) is 25.1. The van der Waals surface area contributed by atoms with Gasteiger partial charge in [-0.05, 0) is 39.8 Å². The number of benzene rings is 1. The third kappa shape index (κ3) is 6.17. The molecule has 2 aliphatic rings. The molecule has 0 aliphatic carbocycles. The molecular weight excluding hydrogens is 594 g/mol. The van der Waals surface area contributed by atoms with Crippen molar-refractivity contribution in [3.05, 3.63) is 24.5 Å². The van der Waals surface area contributed by atoms with Crippen LogP contribution < -0.4 is 29.6 Å². The smallest absolute Gasteiger partial charge is 0.459 e. The molecule has 234 valence electrons. The fourth-order valence-electron chi connectivity index (χ4n) is 4.53. The van der Waals surface area contributed by atoms with Gasteiger partial charge in [0.05, 0.1) is 26.1 Å². The highest BCUT2D eigenvalue weighted by molar-refractivity contribution is 7.52. The van der Waals surface area contributed by atoms with Crippen molar-refractivity contribution in [1.82, 2.24) is 24.6 Å². The number of methoxy groups -OCH3 is 1. The van der Waals surface area contributed by atoms with Crippen molar-refractivity contribution in [2.24, 2.45) is 0 Å². The zero-order chi connectivity index (χ0) is 31.1. The molecule has 1 aromatic carbocycles. The van der Waals surface area contributed by atoms with Crippen LogP contribution in [0.25, 0.3) is 11.2 Å². The summed E-state index contributed by atoms with van der Waals surface area (Å²) in [6.07, 6.45) is -3.77. The summed E-state index contributed by atoms with van der Waals surface area (Å²) in [5, 5.41) is 13.5. The minimum atomic E-state index is -4.41. The highest BCUT2D eigenvalue weighted by Crippen LogP contribution is 2.49. The molecule has 0 radical (unpaired) electrons. The first-order valence-corrected chi connectivity index (χ1v) is 14.7. The molecule has 0 unspecified atom stereocenters. The molecule has 4 N–H and O–H groups in total. The van der Waals surface area contributed by atoms with E-state index in [2.05, 4.69) is 20.0 Å². The summed E-state index contributed by atoms with van der Waals surface area (Å²) < 4.78 is 69.4. The Morgan fingerprint density at radius 3 is 2.77 bits per heavy atom. The molecule has 0 saturated carbocycles. The third-order valence-corrected chi connectivity index (χ3v) is 8.25. The molecule has 43 heavy (non-hydrogen) atoms. The highest BCUT2D eigenvalue weighted by atomic mass is 31.2. The summed E-state index contributed by atoms with van der Waals surface area (Å²) in [6, 6.07) is 3.29. The number of fused-ring (bicyclic) bond motifs is 2. The van der Waals surface area contributed by atoms with Crippen LogP contribution >= 0.6 is 7.75 Å². The predicted molar refractivity (Wildman–Crippen MR) is 146 cm³/mol. The molecule has 2 aromatic heterocycles. The number of aliphatic hydroxyl groups is 1. The predicted octanol–water partition coefficient (Wildman–Crippen LogP) is 2.27. The van der Waals surface area contributed by atoms with E-state index in [1.807, 2.05) is 0 Å². The van der Waals surface area contributed by atoms with Gasteiger partial charge in [0, 0.05) is 6.07 Å². The van der Waals surface area contributed by atoms with E-state index in [1.165, 1.54) is 37.1 Å². The van der Waals surface area contributed by atoms with Crippen LogP contribution in [0.2, 0.25) is 0 Å². The van der Waals surface area contributed by atoms with E-state index in [0.29, 0.717) is 11.5 Å². The van der Waals surface area contributed by atoms with E-state index in [1.54, 1.807) is 19.9 Å². The van der Waals surface area contributed by atoms with Crippen LogP contribution in [0.5, 0.6) is 23.1 Å². The maximum absolute atomic E-state index is 16.0. The standard InChI is InChI=1S/C25H32FN6O10P/c1-12(2)40-22(34)13(3)31-43(35,42-14-6-7-15-16(8-14)38-11-37-15)39-9-17-19(33)25(4,26)23(41-17)32-10-28-18-20(32)29-24(27)30-21(18)36-5/h6-8,10,12-13,17,19,23,33H,9,11H2,1-5H3,(H,31,35)(H2,27,29,30)/t13-,17+,19+,23+,25+,43-/m0/s1. The average Bonchev–Trinajstić information content (AvgIpc) is 3.63. The molecule has 2 aliphatic heterocycles. The number of nitrogens with one attached hydrogen (secondary N) is 1. The van der Waals surface area contributed by atoms with E-state index >= 15 is 4.39 Å². The van der Waals surface area contributed by atoms with Gasteiger partial charge in [-0.15, -0.1) is 0 Å². The SMILES string of the molecule is COc1nc(N)nc2c1ncn2[C@@H]1O[C@H](CO[P@@](=O)(N[C@@H](C)C(=O)OC(C)C)Oc2ccc3c(c2)OCO3)[C@@H](O)[C@@]1(C)F. The van der Waals surface area contributed by atoms with Gasteiger partial charge in [0.2, 0.25) is 18.6 Å². The minimum absolute atomic E-state index is 0.000946. The Balaban J connectivity index is 1.38. The number of nitrogen functional groups attached to an aromatic ring is 1. The monoisotopic (exact) mass is 626 g/mol. The van der Waals surface area contributed by atoms with Gasteiger partial charge in [0.1, 0.15) is 24.0 Å². The lowest BCUT2D eigenvalue weighted by Gasteiger charge is -2.25. The molecule has 0 spiro atoms. The third-order valence-electron chi connectivity index (χ3n) is 6.61. The summed E-state index contributed by atoms with van der Waals surface area (Å²) >= 11 is 0. The van der Waals surface area contributed by atoms with Gasteiger partial charge in [0.25, 0.3) is 0 Å². The Morgan fingerprint density at radius 2 is 2.05 bits per heavy atom. The summed E-state index contributed by atoms with van der Waals surface area (Å²) in [5.41, 5.74) is 3.67. The van der Waals surface area contributed by atoms with Gasteiger partial charge < -0.3 is 39.0 Å². The van der Waals surface area contributed by atoms with Crippen molar-refractivity contribution in [2.45, 2.75) is 63.9 Å². The van der Waals surface area contributed by atoms with Crippen molar-refractivity contribution in [1.29, 1.82) is 0 Å². The Hall–Kier alpha value is -3.76. The van der Waals surface area contributed by atoms with E-state index in [4.69, 9.17) is 38.5 Å². The second kappa shape index (κ2) is 11.7. The first-order chi connectivity index (χ1) is 20.3. The minimum Gasteiger partial charge on any atom is -0.479 e. The Morgan fingerprint density at radius 1 is 1.30 bits per heavy atom. The van der Waals surface area contributed by atoms with Gasteiger partial charge in [0.15, 0.2) is 34.6 Å². The Bertz CT molecular complexity index is 1550. The first kappa shape index (κ1) is 30.7. The number of anilines is 1. The van der Waals surface area contributed by atoms with Gasteiger partial charge >= 0.3 is 13.7 Å². The molecule has 16 nitrogen and oxygen atoms in total. The number of esters is 1. The first-order valence-electron chi connectivity index (χ1n) is 13.2. The molecule has 3 aromatic rings. The molecule has 6 atom stereocenters. The van der Waals surface area contributed by atoms with Crippen LogP contribution in [0.1, 0.15) is 33.9 Å². The number of nitrogens with two attached hydrogens (primary N) is 1. The number of nitrogens with zero attached hydrogens (tertiary/aromatic N) is 4. The number of hydrogen-bond acceptors (Lipinski definition) is 14. The topological polar surface area (TPSA) is 201 Å². The quantitative estimate of drug-likeness (QED) is 0.207. The molecule has 1 fully saturated rings. The largest absolute Gasteiger partial charge is 0.479 e. The summed E-state index contributed by atoms with van der Waals surface area (Å²) in [5.74, 6) is 0.0564. The summed E-state index contributed by atoms with van der Waals surface area (Å²) in [4.78, 5) is 24.7. The number of ether oxygens (including phenoxy) is 5. The number of carbonyl (C=O) groups excluding carboxylic acids is 1. The van der Waals surface area contributed by atoms with E-state index in [9.17, 15) is 14.5 Å². The van der Waals surface area contributed by atoms with Crippen molar-refractivity contribution in [3.63, 3.8) is 0 Å². The number of imidazole rings is 1. The van der Waals surface area contributed by atoms with E-state index in [0.717, 1.165) is 6.92 Å². The molecular formula is C25H32FN6O10P. The average molecular weight is 627 g/mol. The number of aromatic nitrogens is 4. The van der Waals surface area contributed by atoms with Crippen molar-refractivity contribution in [3.8, 4) is 23.1 Å². The second-order valence-electron chi connectivity index (χ2n) is 10.3.